The molecule has 0 amide bonds. The van der Waals surface area contributed by atoms with E-state index in [0.29, 0.717) is 5.13 Å². The first-order valence-corrected chi connectivity index (χ1v) is 5.48. The van der Waals surface area contributed by atoms with Crippen molar-refractivity contribution in [2.75, 3.05) is 4.72 Å². The molecule has 0 aliphatic carbocycles. The summed E-state index contributed by atoms with van der Waals surface area (Å²) in [5.74, 6) is 0. The van der Waals surface area contributed by atoms with E-state index in [4.69, 9.17) is 0 Å². The van der Waals surface area contributed by atoms with Crippen molar-refractivity contribution in [1.82, 2.24) is 10.2 Å². The van der Waals surface area contributed by atoms with Crippen molar-refractivity contribution in [3.8, 4) is 0 Å². The van der Waals surface area contributed by atoms with Gasteiger partial charge in [-0.2, -0.15) is 0 Å². The van der Waals surface area contributed by atoms with Gasteiger partial charge in [-0.3, -0.25) is 8.93 Å². The Balaban J connectivity index is 0.00000169. The van der Waals surface area contributed by atoms with E-state index < -0.39 is 11.3 Å². The molecule has 1 aromatic heterocycles. The fourth-order valence-electron chi connectivity index (χ4n) is 0.639. The predicted molar refractivity (Wildman–Crippen MR) is 56.9 cm³/mol. The fraction of sp³-hybridized carbons (Fsp3) is 0.667. The van der Waals surface area contributed by atoms with E-state index in [9.17, 15) is 8.76 Å². The minimum atomic E-state index is -2.32. The van der Waals surface area contributed by atoms with Crippen LogP contribution in [-0.4, -0.2) is 48.5 Å². The fourth-order valence-corrected chi connectivity index (χ4v) is 1.85. The summed E-state index contributed by atoms with van der Waals surface area (Å²) in [5, 5.41) is 8.67. The Hall–Kier alpha value is 0.470. The van der Waals surface area contributed by atoms with Crippen molar-refractivity contribution in [3.63, 3.8) is 0 Å². The van der Waals surface area contributed by atoms with Crippen LogP contribution in [0.25, 0.3) is 0 Å². The number of anilines is 1. The summed E-state index contributed by atoms with van der Waals surface area (Å²) < 4.78 is 22.7. The molecular formula is C6H10N3NaO2S2-. The third-order valence-electron chi connectivity index (χ3n) is 1.24. The van der Waals surface area contributed by atoms with Gasteiger partial charge in [0.05, 0.1) is 0 Å². The van der Waals surface area contributed by atoms with E-state index in [1.54, 1.807) is 0 Å². The summed E-state index contributed by atoms with van der Waals surface area (Å²) in [6.45, 7) is 5.97. The van der Waals surface area contributed by atoms with Crippen LogP contribution in [0.15, 0.2) is 0 Å². The largest absolute Gasteiger partial charge is 0.755 e. The van der Waals surface area contributed by atoms with E-state index in [2.05, 4.69) is 14.9 Å². The number of aromatic nitrogens is 2. The molecule has 1 atom stereocenters. The van der Waals surface area contributed by atoms with Crippen LogP contribution in [0.3, 0.4) is 0 Å². The molecule has 0 aliphatic rings. The van der Waals surface area contributed by atoms with E-state index >= 15 is 0 Å². The quantitative estimate of drug-likeness (QED) is 0.611. The molecule has 0 saturated heterocycles. The minimum absolute atomic E-state index is 0. The zero-order valence-corrected chi connectivity index (χ0v) is 12.2. The summed E-state index contributed by atoms with van der Waals surface area (Å²) in [5.41, 5.74) is -0.0953. The number of hydrogen-bond acceptors (Lipinski definition) is 5. The van der Waals surface area contributed by atoms with E-state index in [0.717, 1.165) is 5.01 Å². The van der Waals surface area contributed by atoms with Crippen LogP contribution in [0.5, 0.6) is 0 Å². The Morgan fingerprint density at radius 2 is 2.00 bits per heavy atom. The van der Waals surface area contributed by atoms with Crippen molar-refractivity contribution in [2.45, 2.75) is 26.2 Å². The van der Waals surface area contributed by atoms with Gasteiger partial charge < -0.3 is 4.55 Å². The molecule has 8 heteroatoms. The Labute approximate surface area is 111 Å². The van der Waals surface area contributed by atoms with Crippen LogP contribution in [0.1, 0.15) is 25.8 Å². The standard InChI is InChI=1S/C6H11N3O2S2.Na/c1-6(2,3)4-7-8-5(12-4)9-13(10)11;/h1-3H3,(H,8,9)(H,10,11);/p-1. The molecule has 14 heavy (non-hydrogen) atoms. The number of rotatable bonds is 2. The molecule has 0 aliphatic heterocycles. The average Bonchev–Trinajstić information content (AvgIpc) is 2.32. The van der Waals surface area contributed by atoms with Crippen LogP contribution in [0.2, 0.25) is 0 Å². The number of nitrogens with one attached hydrogen (secondary N) is 1. The van der Waals surface area contributed by atoms with Crippen molar-refractivity contribution >= 4 is 57.3 Å². The van der Waals surface area contributed by atoms with E-state index in [-0.39, 0.29) is 35.0 Å². The van der Waals surface area contributed by atoms with Gasteiger partial charge in [0.25, 0.3) is 0 Å². The molecular weight excluding hydrogens is 233 g/mol. The van der Waals surface area contributed by atoms with Crippen molar-refractivity contribution in [2.24, 2.45) is 0 Å². The van der Waals surface area contributed by atoms with Crippen LogP contribution >= 0.6 is 11.3 Å². The van der Waals surface area contributed by atoms with Gasteiger partial charge in [-0.25, -0.2) is 0 Å². The topological polar surface area (TPSA) is 77.9 Å². The number of nitrogens with zero attached hydrogens (tertiary/aromatic N) is 2. The maximum atomic E-state index is 10.3. The zero-order valence-electron chi connectivity index (χ0n) is 8.53. The Morgan fingerprint density at radius 1 is 1.43 bits per heavy atom. The van der Waals surface area contributed by atoms with Gasteiger partial charge in [-0.15, -0.1) is 10.2 Å². The summed E-state index contributed by atoms with van der Waals surface area (Å²) >= 11 is -1.08. The zero-order chi connectivity index (χ0) is 10.1. The summed E-state index contributed by atoms with van der Waals surface area (Å²) in [6, 6.07) is 0. The molecule has 1 radical (unpaired) electrons. The average molecular weight is 243 g/mol. The first kappa shape index (κ1) is 14.5. The molecule has 0 spiro atoms. The first-order valence-electron chi connectivity index (χ1n) is 3.59. The van der Waals surface area contributed by atoms with Gasteiger partial charge in [0.15, 0.2) is 0 Å². The van der Waals surface area contributed by atoms with Crippen molar-refractivity contribution in [3.05, 3.63) is 5.01 Å². The molecule has 0 fully saturated rings. The Morgan fingerprint density at radius 3 is 2.36 bits per heavy atom. The first-order chi connectivity index (χ1) is 5.89. The van der Waals surface area contributed by atoms with Crippen LogP contribution in [0.4, 0.5) is 5.13 Å². The number of hydrogen-bond donors (Lipinski definition) is 1. The van der Waals surface area contributed by atoms with Crippen LogP contribution < -0.4 is 4.72 Å². The van der Waals surface area contributed by atoms with Crippen LogP contribution in [-0.2, 0) is 16.7 Å². The van der Waals surface area contributed by atoms with Crippen LogP contribution in [0, 0.1) is 0 Å². The SMILES string of the molecule is CC(C)(C)c1nnc(NS(=O)[O-])s1.[Na]. The Kier molecular flexibility index (Phi) is 5.71. The van der Waals surface area contributed by atoms with Gasteiger partial charge in [0, 0.05) is 46.2 Å². The molecule has 1 N–H and O–H groups in total. The normalized spacial score (nSPS) is 13.1. The molecule has 5 nitrogen and oxygen atoms in total. The second-order valence-electron chi connectivity index (χ2n) is 3.50. The summed E-state index contributed by atoms with van der Waals surface area (Å²) in [4.78, 5) is 0. The summed E-state index contributed by atoms with van der Waals surface area (Å²) in [7, 11) is 0. The van der Waals surface area contributed by atoms with Gasteiger partial charge in [0.2, 0.25) is 5.13 Å². The maximum Gasteiger partial charge on any atom is 0.216 e. The molecule has 0 saturated carbocycles. The van der Waals surface area contributed by atoms with E-state index in [1.807, 2.05) is 20.8 Å². The monoisotopic (exact) mass is 243 g/mol. The molecule has 1 aromatic rings. The molecule has 0 aromatic carbocycles. The van der Waals surface area contributed by atoms with Gasteiger partial charge >= 0.3 is 0 Å². The maximum absolute atomic E-state index is 10.3. The molecule has 1 rings (SSSR count). The third-order valence-corrected chi connectivity index (χ3v) is 2.99. The van der Waals surface area contributed by atoms with Crippen molar-refractivity contribution < 1.29 is 8.76 Å². The minimum Gasteiger partial charge on any atom is -0.755 e. The van der Waals surface area contributed by atoms with Gasteiger partial charge in [-0.1, -0.05) is 32.1 Å². The third kappa shape index (κ3) is 4.33. The second kappa shape index (κ2) is 5.53. The molecule has 0 bridgehead atoms. The second-order valence-corrected chi connectivity index (χ2v) is 5.15. The van der Waals surface area contributed by atoms with Gasteiger partial charge in [0.1, 0.15) is 5.01 Å². The Bertz CT molecular complexity index is 323. The molecule has 75 valence electrons. The van der Waals surface area contributed by atoms with Gasteiger partial charge in [-0.05, 0) is 0 Å². The predicted octanol–water partition coefficient (Wildman–Crippen LogP) is 0.661. The molecule has 1 heterocycles. The molecule has 1 unspecified atom stereocenters. The van der Waals surface area contributed by atoms with Crippen molar-refractivity contribution in [1.29, 1.82) is 0 Å². The van der Waals surface area contributed by atoms with E-state index in [1.165, 1.54) is 11.3 Å². The smallest absolute Gasteiger partial charge is 0.216 e. The summed E-state index contributed by atoms with van der Waals surface area (Å²) in [6.07, 6.45) is 0.